The molecule has 3 rings (SSSR count). The molecule has 78 valence electrons. The molecule has 3 heteroatoms. The average molecular weight is 246 g/mol. The van der Waals surface area contributed by atoms with Crippen LogP contribution in [-0.4, -0.2) is 4.98 Å². The number of rotatable bonds is 1. The molecular weight excluding hydrogens is 238 g/mol. The quantitative estimate of drug-likeness (QED) is 0.610. The number of aromatic nitrogens is 1. The van der Waals surface area contributed by atoms with Crippen LogP contribution in [0.25, 0.3) is 21.3 Å². The molecule has 2 aromatic carbocycles. The summed E-state index contributed by atoms with van der Waals surface area (Å²) >= 11 is 7.64. The maximum Gasteiger partial charge on any atom is 0.0812 e. The number of hydrogen-bond acceptors (Lipinski definition) is 2. The monoisotopic (exact) mass is 245 g/mol. The van der Waals surface area contributed by atoms with E-state index in [2.05, 4.69) is 23.2 Å². The lowest BCUT2D eigenvalue weighted by Crippen LogP contribution is -1.77. The van der Waals surface area contributed by atoms with Gasteiger partial charge in [-0.15, -0.1) is 11.3 Å². The smallest absolute Gasteiger partial charge is 0.0812 e. The molecule has 1 heterocycles. The Morgan fingerprint density at radius 1 is 1.00 bits per heavy atom. The van der Waals surface area contributed by atoms with Gasteiger partial charge in [0.25, 0.3) is 0 Å². The lowest BCUT2D eigenvalue weighted by atomic mass is 10.1. The van der Waals surface area contributed by atoms with Gasteiger partial charge in [-0.05, 0) is 35.4 Å². The zero-order valence-corrected chi connectivity index (χ0v) is 9.92. The minimum atomic E-state index is 0.766. The summed E-state index contributed by atoms with van der Waals surface area (Å²) in [5.41, 5.74) is 5.24. The molecule has 0 saturated heterocycles. The van der Waals surface area contributed by atoms with Crippen LogP contribution in [0.15, 0.2) is 48.0 Å². The molecule has 0 bridgehead atoms. The molecule has 1 nitrogen and oxygen atoms in total. The van der Waals surface area contributed by atoms with E-state index in [1.807, 2.05) is 29.8 Å². The number of hydrogen-bond donors (Lipinski definition) is 0. The maximum absolute atomic E-state index is 5.98. The van der Waals surface area contributed by atoms with E-state index in [-0.39, 0.29) is 0 Å². The summed E-state index contributed by atoms with van der Waals surface area (Å²) in [6.07, 6.45) is 0. The number of thiazole rings is 1. The Balaban J connectivity index is 2.18. The summed E-state index contributed by atoms with van der Waals surface area (Å²) in [4.78, 5) is 4.26. The first kappa shape index (κ1) is 9.82. The van der Waals surface area contributed by atoms with Gasteiger partial charge >= 0.3 is 0 Å². The molecule has 0 radical (unpaired) electrons. The van der Waals surface area contributed by atoms with E-state index in [1.165, 1.54) is 10.3 Å². The fraction of sp³-hybridized carbons (Fsp3) is 0. The summed E-state index contributed by atoms with van der Waals surface area (Å²) < 4.78 is 1.21. The summed E-state index contributed by atoms with van der Waals surface area (Å²) in [6.45, 7) is 0. The van der Waals surface area contributed by atoms with Crippen LogP contribution in [0.4, 0.5) is 0 Å². The molecule has 0 saturated carbocycles. The Hall–Kier alpha value is -1.38. The van der Waals surface area contributed by atoms with E-state index in [1.54, 1.807) is 11.3 Å². The minimum absolute atomic E-state index is 0.766. The second-order valence-electron chi connectivity index (χ2n) is 3.55. The van der Waals surface area contributed by atoms with Gasteiger partial charge in [0.05, 0.1) is 15.7 Å². The Morgan fingerprint density at radius 3 is 2.75 bits per heavy atom. The second-order valence-corrected chi connectivity index (χ2v) is 4.87. The fourth-order valence-corrected chi connectivity index (χ4v) is 2.61. The van der Waals surface area contributed by atoms with Crippen molar-refractivity contribution in [1.82, 2.24) is 4.98 Å². The Bertz CT molecular complexity index is 645. The van der Waals surface area contributed by atoms with Crippen molar-refractivity contribution < 1.29 is 0 Å². The first-order valence-electron chi connectivity index (χ1n) is 4.92. The molecular formula is C13H8ClNS. The van der Waals surface area contributed by atoms with Gasteiger partial charge in [0.1, 0.15) is 0 Å². The Labute approximate surface area is 102 Å². The van der Waals surface area contributed by atoms with E-state index >= 15 is 0 Å². The number of benzene rings is 2. The predicted molar refractivity (Wildman–Crippen MR) is 70.1 cm³/mol. The van der Waals surface area contributed by atoms with Gasteiger partial charge < -0.3 is 0 Å². The number of halogens is 1. The van der Waals surface area contributed by atoms with E-state index < -0.39 is 0 Å². The van der Waals surface area contributed by atoms with E-state index in [9.17, 15) is 0 Å². The molecule has 0 amide bonds. The summed E-state index contributed by atoms with van der Waals surface area (Å²) in [5.74, 6) is 0. The average Bonchev–Trinajstić information content (AvgIpc) is 2.75. The second kappa shape index (κ2) is 3.89. The molecule has 1 aromatic heterocycles. The van der Waals surface area contributed by atoms with Crippen molar-refractivity contribution in [1.29, 1.82) is 0 Å². The highest BCUT2D eigenvalue weighted by atomic mass is 35.5. The third-order valence-corrected chi connectivity index (χ3v) is 3.52. The van der Waals surface area contributed by atoms with Crippen LogP contribution in [0.1, 0.15) is 0 Å². The molecule has 0 unspecified atom stereocenters. The summed E-state index contributed by atoms with van der Waals surface area (Å²) in [7, 11) is 0. The topological polar surface area (TPSA) is 12.9 Å². The molecule has 0 aliphatic rings. The summed E-state index contributed by atoms with van der Waals surface area (Å²) in [5, 5.41) is 0.766. The van der Waals surface area contributed by atoms with Gasteiger partial charge in [0.15, 0.2) is 0 Å². The van der Waals surface area contributed by atoms with Crippen LogP contribution in [0.2, 0.25) is 5.02 Å². The normalized spacial score (nSPS) is 10.8. The fourth-order valence-electron chi connectivity index (χ4n) is 1.70. The van der Waals surface area contributed by atoms with Crippen molar-refractivity contribution in [3.8, 4) is 11.1 Å². The molecule has 0 fully saturated rings. The van der Waals surface area contributed by atoms with Gasteiger partial charge in [-0.1, -0.05) is 29.8 Å². The molecule has 0 aliphatic carbocycles. The van der Waals surface area contributed by atoms with Crippen molar-refractivity contribution in [3.05, 3.63) is 53.0 Å². The standard InChI is InChI=1S/C13H8ClNS/c14-11-3-1-2-9(6-11)10-4-5-12-13(7-10)16-8-15-12/h1-8H. The zero-order valence-electron chi connectivity index (χ0n) is 8.35. The first-order chi connectivity index (χ1) is 7.83. The zero-order chi connectivity index (χ0) is 11.0. The minimum Gasteiger partial charge on any atom is -0.245 e. The van der Waals surface area contributed by atoms with Gasteiger partial charge in [-0.2, -0.15) is 0 Å². The van der Waals surface area contributed by atoms with Crippen LogP contribution in [0.3, 0.4) is 0 Å². The highest BCUT2D eigenvalue weighted by Crippen LogP contribution is 2.27. The SMILES string of the molecule is Clc1cccc(-c2ccc3ncsc3c2)c1. The third kappa shape index (κ3) is 1.70. The highest BCUT2D eigenvalue weighted by Gasteiger charge is 2.01. The van der Waals surface area contributed by atoms with Crippen molar-refractivity contribution in [2.24, 2.45) is 0 Å². The van der Waals surface area contributed by atoms with Crippen molar-refractivity contribution in [3.63, 3.8) is 0 Å². The van der Waals surface area contributed by atoms with Gasteiger partial charge in [-0.3, -0.25) is 0 Å². The lowest BCUT2D eigenvalue weighted by Gasteiger charge is -2.01. The van der Waals surface area contributed by atoms with Crippen molar-refractivity contribution in [2.75, 3.05) is 0 Å². The highest BCUT2D eigenvalue weighted by molar-refractivity contribution is 7.16. The van der Waals surface area contributed by atoms with E-state index in [0.29, 0.717) is 0 Å². The van der Waals surface area contributed by atoms with E-state index in [4.69, 9.17) is 11.6 Å². The van der Waals surface area contributed by atoms with Gasteiger partial charge in [0, 0.05) is 5.02 Å². The number of nitrogens with zero attached hydrogens (tertiary/aromatic N) is 1. The van der Waals surface area contributed by atoms with Crippen LogP contribution in [-0.2, 0) is 0 Å². The van der Waals surface area contributed by atoms with Crippen LogP contribution in [0.5, 0.6) is 0 Å². The molecule has 0 N–H and O–H groups in total. The molecule has 0 spiro atoms. The van der Waals surface area contributed by atoms with Crippen molar-refractivity contribution >= 4 is 33.2 Å². The van der Waals surface area contributed by atoms with Crippen LogP contribution < -0.4 is 0 Å². The van der Waals surface area contributed by atoms with Crippen LogP contribution in [0, 0.1) is 0 Å². The lowest BCUT2D eigenvalue weighted by molar-refractivity contribution is 1.50. The van der Waals surface area contributed by atoms with Crippen LogP contribution >= 0.6 is 22.9 Å². The Kier molecular flexibility index (Phi) is 2.39. The summed E-state index contributed by atoms with van der Waals surface area (Å²) in [6, 6.07) is 14.2. The molecule has 3 aromatic rings. The molecule has 0 atom stereocenters. The molecule has 0 aliphatic heterocycles. The van der Waals surface area contributed by atoms with Crippen molar-refractivity contribution in [2.45, 2.75) is 0 Å². The number of fused-ring (bicyclic) bond motifs is 1. The largest absolute Gasteiger partial charge is 0.245 e. The Morgan fingerprint density at radius 2 is 1.88 bits per heavy atom. The van der Waals surface area contributed by atoms with E-state index in [0.717, 1.165) is 16.1 Å². The maximum atomic E-state index is 5.98. The van der Waals surface area contributed by atoms with Gasteiger partial charge in [-0.25, -0.2) is 4.98 Å². The van der Waals surface area contributed by atoms with Gasteiger partial charge in [0.2, 0.25) is 0 Å². The first-order valence-corrected chi connectivity index (χ1v) is 6.18. The molecule has 16 heavy (non-hydrogen) atoms. The third-order valence-electron chi connectivity index (χ3n) is 2.49. The predicted octanol–water partition coefficient (Wildman–Crippen LogP) is 4.62.